The molecule has 0 bridgehead atoms. The number of aromatic nitrogens is 1. The highest BCUT2D eigenvalue weighted by atomic mass is 16.2. The molecule has 0 radical (unpaired) electrons. The van der Waals surface area contributed by atoms with Gasteiger partial charge in [-0.1, -0.05) is 35.9 Å². The number of hydrogen-bond donors (Lipinski definition) is 1. The number of allylic oxidation sites excluding steroid dienone is 1. The number of anilines is 1. The average molecular weight is 377 g/mol. The zero-order valence-electron chi connectivity index (χ0n) is 16.4. The summed E-state index contributed by atoms with van der Waals surface area (Å²) in [5, 5.41) is 2.92. The van der Waals surface area contributed by atoms with Gasteiger partial charge in [0.15, 0.2) is 0 Å². The lowest BCUT2D eigenvalue weighted by Gasteiger charge is -2.20. The van der Waals surface area contributed by atoms with Crippen LogP contribution >= 0.6 is 0 Å². The minimum absolute atomic E-state index is 0.212. The predicted octanol–water partition coefficient (Wildman–Crippen LogP) is 4.37. The summed E-state index contributed by atoms with van der Waals surface area (Å²) in [6, 6.07) is 14.5. The minimum Gasteiger partial charge on any atom is -0.350 e. The molecule has 0 aliphatic heterocycles. The molecule has 1 aromatic heterocycles. The van der Waals surface area contributed by atoms with E-state index in [4.69, 9.17) is 0 Å². The molecule has 0 unspecified atom stereocenters. The molecule has 5 heteroatoms. The van der Waals surface area contributed by atoms with Crippen LogP contribution < -0.4 is 10.2 Å². The van der Waals surface area contributed by atoms with Gasteiger partial charge in [-0.3, -0.25) is 9.59 Å². The summed E-state index contributed by atoms with van der Waals surface area (Å²) < 4.78 is 0. The Balaban J connectivity index is 1.64. The van der Waals surface area contributed by atoms with Gasteiger partial charge in [0.1, 0.15) is 11.4 Å². The normalized spacial score (nSPS) is 13.5. The average Bonchev–Trinajstić information content (AvgIpc) is 2.76. The largest absolute Gasteiger partial charge is 0.350 e. The Morgan fingerprint density at radius 2 is 1.82 bits per heavy atom. The molecule has 1 aliphatic carbocycles. The van der Waals surface area contributed by atoms with Crippen LogP contribution in [-0.2, 0) is 0 Å². The monoisotopic (exact) mass is 377 g/mol. The Morgan fingerprint density at radius 3 is 2.54 bits per heavy atom. The number of para-hydroxylation sites is 1. The maximum atomic E-state index is 12.9. The molecule has 1 heterocycles. The molecule has 0 saturated heterocycles. The lowest BCUT2D eigenvalue weighted by molar-refractivity contribution is 0.0948. The van der Waals surface area contributed by atoms with Gasteiger partial charge in [-0.2, -0.15) is 0 Å². The van der Waals surface area contributed by atoms with Crippen LogP contribution in [0.5, 0.6) is 0 Å². The molecule has 2 amide bonds. The summed E-state index contributed by atoms with van der Waals surface area (Å²) in [5.41, 5.74) is 2.78. The highest BCUT2D eigenvalue weighted by Gasteiger charge is 2.19. The van der Waals surface area contributed by atoms with Gasteiger partial charge in [0.25, 0.3) is 11.8 Å². The van der Waals surface area contributed by atoms with Gasteiger partial charge in [-0.05, 0) is 63.3 Å². The molecular formula is C23H27N3O2. The van der Waals surface area contributed by atoms with Gasteiger partial charge in [-0.15, -0.1) is 0 Å². The molecule has 3 rings (SSSR count). The fraction of sp³-hybridized carbons (Fsp3) is 0.348. The van der Waals surface area contributed by atoms with Crippen molar-refractivity contribution in [3.8, 4) is 0 Å². The highest BCUT2D eigenvalue weighted by molar-refractivity contribution is 6.05. The third-order valence-corrected chi connectivity index (χ3v) is 4.95. The highest BCUT2D eigenvalue weighted by Crippen LogP contribution is 2.19. The SMILES string of the molecule is CCN(C(=O)c1cccc(C(=O)NCCC2=CCCCC2)n1)c1ccccc1. The molecular weight excluding hydrogens is 350 g/mol. The second kappa shape index (κ2) is 9.83. The first-order chi connectivity index (χ1) is 13.7. The van der Waals surface area contributed by atoms with E-state index in [2.05, 4.69) is 16.4 Å². The number of carbonyl (C=O) groups is 2. The molecule has 28 heavy (non-hydrogen) atoms. The number of amides is 2. The Labute approximate surface area is 166 Å². The maximum absolute atomic E-state index is 12.9. The fourth-order valence-electron chi connectivity index (χ4n) is 3.43. The van der Waals surface area contributed by atoms with Crippen LogP contribution in [0.4, 0.5) is 5.69 Å². The van der Waals surface area contributed by atoms with Gasteiger partial charge in [0, 0.05) is 18.8 Å². The quantitative estimate of drug-likeness (QED) is 0.729. The van der Waals surface area contributed by atoms with E-state index < -0.39 is 0 Å². The van der Waals surface area contributed by atoms with Crippen molar-refractivity contribution in [2.75, 3.05) is 18.0 Å². The van der Waals surface area contributed by atoms with Crippen molar-refractivity contribution in [2.45, 2.75) is 39.0 Å². The predicted molar refractivity (Wildman–Crippen MR) is 112 cm³/mol. The van der Waals surface area contributed by atoms with Crippen LogP contribution in [0.15, 0.2) is 60.2 Å². The molecule has 0 atom stereocenters. The summed E-state index contributed by atoms with van der Waals surface area (Å²) in [4.78, 5) is 31.3. The lowest BCUT2D eigenvalue weighted by Crippen LogP contribution is -2.32. The van der Waals surface area contributed by atoms with Crippen molar-refractivity contribution in [3.63, 3.8) is 0 Å². The summed E-state index contributed by atoms with van der Waals surface area (Å²) in [6.45, 7) is 3.03. The molecule has 0 spiro atoms. The molecule has 1 N–H and O–H groups in total. The van der Waals surface area contributed by atoms with Crippen molar-refractivity contribution >= 4 is 17.5 Å². The zero-order valence-corrected chi connectivity index (χ0v) is 16.4. The molecule has 5 nitrogen and oxygen atoms in total. The van der Waals surface area contributed by atoms with E-state index >= 15 is 0 Å². The molecule has 1 aromatic carbocycles. The molecule has 0 saturated carbocycles. The summed E-state index contributed by atoms with van der Waals surface area (Å²) >= 11 is 0. The number of nitrogens with zero attached hydrogens (tertiary/aromatic N) is 2. The number of carbonyl (C=O) groups excluding carboxylic acids is 2. The first kappa shape index (κ1) is 19.8. The van der Waals surface area contributed by atoms with Crippen molar-refractivity contribution < 1.29 is 9.59 Å². The Kier molecular flexibility index (Phi) is 6.95. The van der Waals surface area contributed by atoms with Crippen molar-refractivity contribution in [2.24, 2.45) is 0 Å². The second-order valence-corrected chi connectivity index (χ2v) is 6.91. The lowest BCUT2D eigenvalue weighted by atomic mass is 9.97. The van der Waals surface area contributed by atoms with Crippen molar-refractivity contribution in [3.05, 3.63) is 71.6 Å². The van der Waals surface area contributed by atoms with Gasteiger partial charge >= 0.3 is 0 Å². The standard InChI is InChI=1S/C23H27N3O2/c1-2-26(19-12-7-4-8-13-19)23(28)21-15-9-14-20(25-21)22(27)24-17-16-18-10-5-3-6-11-18/h4,7-10,12-15H,2-3,5-6,11,16-17H2,1H3,(H,24,27). The number of benzene rings is 1. The van der Waals surface area contributed by atoms with E-state index in [0.29, 0.717) is 13.1 Å². The third-order valence-electron chi connectivity index (χ3n) is 4.95. The van der Waals surface area contributed by atoms with Gasteiger partial charge in [0.2, 0.25) is 0 Å². The number of pyridine rings is 1. The molecule has 0 fully saturated rings. The molecule has 146 valence electrons. The van der Waals surface area contributed by atoms with Crippen LogP contribution in [-0.4, -0.2) is 29.9 Å². The van der Waals surface area contributed by atoms with E-state index in [1.165, 1.54) is 18.4 Å². The van der Waals surface area contributed by atoms with Crippen molar-refractivity contribution in [1.82, 2.24) is 10.3 Å². The first-order valence-corrected chi connectivity index (χ1v) is 9.99. The zero-order chi connectivity index (χ0) is 19.8. The minimum atomic E-state index is -0.242. The van der Waals surface area contributed by atoms with Crippen molar-refractivity contribution in [1.29, 1.82) is 0 Å². The second-order valence-electron chi connectivity index (χ2n) is 6.91. The van der Waals surface area contributed by atoms with Crippen LogP contribution in [0.3, 0.4) is 0 Å². The van der Waals surface area contributed by atoms with Crippen LogP contribution in [0.2, 0.25) is 0 Å². The summed E-state index contributed by atoms with van der Waals surface area (Å²) in [7, 11) is 0. The van der Waals surface area contributed by atoms with E-state index in [1.54, 1.807) is 23.1 Å². The topological polar surface area (TPSA) is 62.3 Å². The van der Waals surface area contributed by atoms with Crippen LogP contribution in [0, 0.1) is 0 Å². The first-order valence-electron chi connectivity index (χ1n) is 9.99. The van der Waals surface area contributed by atoms with Crippen LogP contribution in [0.25, 0.3) is 0 Å². The maximum Gasteiger partial charge on any atom is 0.276 e. The Morgan fingerprint density at radius 1 is 1.04 bits per heavy atom. The smallest absolute Gasteiger partial charge is 0.276 e. The summed E-state index contributed by atoms with van der Waals surface area (Å²) in [5.74, 6) is -0.454. The van der Waals surface area contributed by atoms with Crippen LogP contribution in [0.1, 0.15) is 60.0 Å². The Hall–Kier alpha value is -2.95. The van der Waals surface area contributed by atoms with Gasteiger partial charge in [0.05, 0.1) is 0 Å². The summed E-state index contributed by atoms with van der Waals surface area (Å²) in [6.07, 6.45) is 7.94. The van der Waals surface area contributed by atoms with E-state index in [-0.39, 0.29) is 23.2 Å². The van der Waals surface area contributed by atoms with E-state index in [1.807, 2.05) is 37.3 Å². The number of nitrogens with one attached hydrogen (secondary N) is 1. The third kappa shape index (κ3) is 5.06. The molecule has 1 aliphatic rings. The number of hydrogen-bond acceptors (Lipinski definition) is 3. The molecule has 2 aromatic rings. The van der Waals surface area contributed by atoms with E-state index in [9.17, 15) is 9.59 Å². The Bertz CT molecular complexity index is 846. The van der Waals surface area contributed by atoms with E-state index in [0.717, 1.165) is 24.9 Å². The van der Waals surface area contributed by atoms with Gasteiger partial charge < -0.3 is 10.2 Å². The van der Waals surface area contributed by atoms with Gasteiger partial charge in [-0.25, -0.2) is 4.98 Å². The number of rotatable bonds is 7. The fourth-order valence-corrected chi connectivity index (χ4v) is 3.43.